The largest absolute Gasteiger partial charge is 0.495 e. The molecule has 2 heterocycles. The molecule has 3 aromatic rings. The molecule has 0 saturated heterocycles. The molecule has 0 radical (unpaired) electrons. The maximum absolute atomic E-state index is 12.2. The number of thiophene rings is 1. The molecule has 27 heavy (non-hydrogen) atoms. The number of thioether (sulfide) groups is 1. The van der Waals surface area contributed by atoms with E-state index >= 15 is 0 Å². The van der Waals surface area contributed by atoms with Crippen molar-refractivity contribution in [2.75, 3.05) is 23.5 Å². The number of benzene rings is 1. The molecule has 2 aromatic heterocycles. The quantitative estimate of drug-likeness (QED) is 0.421. The van der Waals surface area contributed by atoms with Crippen molar-refractivity contribution in [1.29, 1.82) is 0 Å². The van der Waals surface area contributed by atoms with Gasteiger partial charge in [0.1, 0.15) is 5.75 Å². The van der Waals surface area contributed by atoms with E-state index in [1.807, 2.05) is 5.38 Å². The molecule has 0 aliphatic rings. The highest BCUT2D eigenvalue weighted by atomic mass is 35.5. The summed E-state index contributed by atoms with van der Waals surface area (Å²) in [6.07, 6.45) is 0. The van der Waals surface area contributed by atoms with Crippen LogP contribution in [0, 0.1) is 0 Å². The Morgan fingerprint density at radius 2 is 2.11 bits per heavy atom. The van der Waals surface area contributed by atoms with Gasteiger partial charge in [0.2, 0.25) is 11.0 Å². The summed E-state index contributed by atoms with van der Waals surface area (Å²) in [5.41, 5.74) is 0.497. The van der Waals surface area contributed by atoms with Gasteiger partial charge in [0, 0.05) is 5.02 Å². The molecule has 0 fully saturated rings. The molecule has 11 heteroatoms. The lowest BCUT2D eigenvalue weighted by Crippen LogP contribution is -2.14. The zero-order valence-corrected chi connectivity index (χ0v) is 17.1. The summed E-state index contributed by atoms with van der Waals surface area (Å²) in [5.74, 6) is 0.180. The maximum Gasteiger partial charge on any atom is 0.267 e. The molecule has 1 aromatic carbocycles. The van der Waals surface area contributed by atoms with Crippen LogP contribution in [0.1, 0.15) is 9.67 Å². The number of carbonyl (C=O) groups excluding carboxylic acids is 2. The second-order valence-electron chi connectivity index (χ2n) is 4.99. The zero-order valence-electron chi connectivity index (χ0n) is 13.9. The second-order valence-corrected chi connectivity index (χ2v) is 8.57. The first-order valence-electron chi connectivity index (χ1n) is 7.49. The Balaban J connectivity index is 1.53. The first-order chi connectivity index (χ1) is 13.0. The molecule has 0 atom stereocenters. The summed E-state index contributed by atoms with van der Waals surface area (Å²) in [6.45, 7) is 0. The summed E-state index contributed by atoms with van der Waals surface area (Å²) in [7, 11) is 1.51. The first-order valence-corrected chi connectivity index (χ1v) is 10.6. The second kappa shape index (κ2) is 9.18. The number of nitrogens with one attached hydrogen (secondary N) is 2. The summed E-state index contributed by atoms with van der Waals surface area (Å²) >= 11 is 9.72. The van der Waals surface area contributed by atoms with Gasteiger partial charge in [-0.15, -0.1) is 21.5 Å². The normalized spacial score (nSPS) is 10.4. The molecular weight excluding hydrogens is 428 g/mol. The van der Waals surface area contributed by atoms with Crippen LogP contribution in [-0.2, 0) is 4.79 Å². The molecule has 140 valence electrons. The maximum atomic E-state index is 12.2. The minimum atomic E-state index is -0.236. The van der Waals surface area contributed by atoms with E-state index in [-0.39, 0.29) is 17.6 Å². The standard InChI is InChI=1S/C16H13ClN4O3S3/c1-24-11-5-4-9(17)7-10(11)18-13(22)8-26-16-21-20-15(27-16)19-14(23)12-3-2-6-25-12/h2-7H,8H2,1H3,(H,18,22)(H,19,20,23). The Morgan fingerprint density at radius 3 is 2.85 bits per heavy atom. The molecule has 0 spiro atoms. The monoisotopic (exact) mass is 440 g/mol. The zero-order chi connectivity index (χ0) is 19.2. The number of rotatable bonds is 7. The van der Waals surface area contributed by atoms with Crippen LogP contribution in [0.2, 0.25) is 5.02 Å². The number of methoxy groups -OCH3 is 1. The topological polar surface area (TPSA) is 93.2 Å². The van der Waals surface area contributed by atoms with Crippen molar-refractivity contribution >= 4 is 68.7 Å². The summed E-state index contributed by atoms with van der Waals surface area (Å²) in [4.78, 5) is 24.7. The van der Waals surface area contributed by atoms with E-state index in [9.17, 15) is 9.59 Å². The third kappa shape index (κ3) is 5.42. The van der Waals surface area contributed by atoms with Crippen LogP contribution in [0.5, 0.6) is 5.75 Å². The fourth-order valence-electron chi connectivity index (χ4n) is 1.98. The van der Waals surface area contributed by atoms with Crippen LogP contribution < -0.4 is 15.4 Å². The van der Waals surface area contributed by atoms with Crippen LogP contribution in [0.4, 0.5) is 10.8 Å². The van der Waals surface area contributed by atoms with Crippen molar-refractivity contribution < 1.29 is 14.3 Å². The number of aromatic nitrogens is 2. The average molecular weight is 441 g/mol. The lowest BCUT2D eigenvalue weighted by Gasteiger charge is -2.09. The van der Waals surface area contributed by atoms with Gasteiger partial charge in [-0.2, -0.15) is 0 Å². The summed E-state index contributed by atoms with van der Waals surface area (Å²) in [6, 6.07) is 8.50. The highest BCUT2D eigenvalue weighted by Gasteiger charge is 2.13. The Bertz CT molecular complexity index is 946. The van der Waals surface area contributed by atoms with Gasteiger partial charge in [-0.3, -0.25) is 14.9 Å². The number of nitrogens with zero attached hydrogens (tertiary/aromatic N) is 2. The predicted molar refractivity (Wildman–Crippen MR) is 110 cm³/mol. The Morgan fingerprint density at radius 1 is 1.26 bits per heavy atom. The van der Waals surface area contributed by atoms with Gasteiger partial charge in [-0.05, 0) is 29.6 Å². The van der Waals surface area contributed by atoms with Crippen LogP contribution in [0.25, 0.3) is 0 Å². The molecular formula is C16H13ClN4O3S3. The van der Waals surface area contributed by atoms with Crippen LogP contribution in [0.3, 0.4) is 0 Å². The van der Waals surface area contributed by atoms with Crippen LogP contribution in [0.15, 0.2) is 40.1 Å². The molecule has 0 saturated carbocycles. The molecule has 0 unspecified atom stereocenters. The van der Waals surface area contributed by atoms with Gasteiger partial charge in [0.05, 0.1) is 23.4 Å². The Kier molecular flexibility index (Phi) is 6.67. The van der Waals surface area contributed by atoms with Crippen molar-refractivity contribution in [2.45, 2.75) is 4.34 Å². The van der Waals surface area contributed by atoms with Gasteiger partial charge >= 0.3 is 0 Å². The van der Waals surface area contributed by atoms with E-state index in [2.05, 4.69) is 20.8 Å². The van der Waals surface area contributed by atoms with E-state index in [1.165, 1.54) is 41.5 Å². The Labute approximate surface area is 172 Å². The number of hydrogen-bond donors (Lipinski definition) is 2. The lowest BCUT2D eigenvalue weighted by molar-refractivity contribution is -0.113. The third-order valence-corrected chi connectivity index (χ3v) is 6.21. The SMILES string of the molecule is COc1ccc(Cl)cc1NC(=O)CSc1nnc(NC(=O)c2cccs2)s1. The number of hydrogen-bond acceptors (Lipinski definition) is 8. The highest BCUT2D eigenvalue weighted by Crippen LogP contribution is 2.29. The van der Waals surface area contributed by atoms with Gasteiger partial charge in [-0.25, -0.2) is 0 Å². The van der Waals surface area contributed by atoms with Gasteiger partial charge in [-0.1, -0.05) is 40.8 Å². The molecule has 2 N–H and O–H groups in total. The first kappa shape index (κ1) is 19.6. The molecule has 3 rings (SSSR count). The number of amides is 2. The Hall–Kier alpha value is -2.14. The summed E-state index contributed by atoms with van der Waals surface area (Å²) in [5, 5.41) is 16.0. The van der Waals surface area contributed by atoms with Crippen molar-refractivity contribution in [3.63, 3.8) is 0 Å². The third-order valence-electron chi connectivity index (χ3n) is 3.13. The van der Waals surface area contributed by atoms with Crippen molar-refractivity contribution in [3.05, 3.63) is 45.6 Å². The van der Waals surface area contributed by atoms with Crippen molar-refractivity contribution in [3.8, 4) is 5.75 Å². The van der Waals surface area contributed by atoms with Gasteiger partial charge in [0.15, 0.2) is 4.34 Å². The number of ether oxygens (including phenoxy) is 1. The van der Waals surface area contributed by atoms with E-state index in [0.29, 0.717) is 30.8 Å². The molecule has 0 aliphatic heterocycles. The minimum Gasteiger partial charge on any atom is -0.495 e. The van der Waals surface area contributed by atoms with Gasteiger partial charge in [0.25, 0.3) is 5.91 Å². The number of carbonyl (C=O) groups is 2. The molecule has 7 nitrogen and oxygen atoms in total. The molecule has 2 amide bonds. The van der Waals surface area contributed by atoms with E-state index in [1.54, 1.807) is 30.3 Å². The summed E-state index contributed by atoms with van der Waals surface area (Å²) < 4.78 is 5.77. The predicted octanol–water partition coefficient (Wildman–Crippen LogP) is 4.24. The van der Waals surface area contributed by atoms with Crippen molar-refractivity contribution in [2.24, 2.45) is 0 Å². The number of halogens is 1. The van der Waals surface area contributed by atoms with E-state index in [4.69, 9.17) is 16.3 Å². The minimum absolute atomic E-state index is 0.128. The fraction of sp³-hybridized carbons (Fsp3) is 0.125. The van der Waals surface area contributed by atoms with Crippen molar-refractivity contribution in [1.82, 2.24) is 10.2 Å². The van der Waals surface area contributed by atoms with E-state index in [0.717, 1.165) is 0 Å². The smallest absolute Gasteiger partial charge is 0.267 e. The average Bonchev–Trinajstić information content (AvgIpc) is 3.32. The lowest BCUT2D eigenvalue weighted by atomic mass is 10.3. The van der Waals surface area contributed by atoms with Crippen LogP contribution in [-0.4, -0.2) is 34.9 Å². The van der Waals surface area contributed by atoms with Gasteiger partial charge < -0.3 is 10.1 Å². The molecule has 0 aliphatic carbocycles. The fourth-order valence-corrected chi connectivity index (χ4v) is 4.31. The van der Waals surface area contributed by atoms with E-state index < -0.39 is 0 Å². The number of anilines is 2. The highest BCUT2D eigenvalue weighted by molar-refractivity contribution is 8.01. The molecule has 0 bridgehead atoms. The van der Waals surface area contributed by atoms with Crippen LogP contribution >= 0.6 is 46.0 Å².